The SMILES string of the molecule is CCOc1ncccc1CNC(=O)NNC(=O)c1cncn1-c1ccc(F)cc1. The fourth-order valence-electron chi connectivity index (χ4n) is 2.49. The maximum atomic E-state index is 13.1. The van der Waals surface area contributed by atoms with E-state index in [0.29, 0.717) is 23.7 Å². The molecule has 0 aliphatic carbocycles. The van der Waals surface area contributed by atoms with Crippen molar-refractivity contribution < 1.29 is 18.7 Å². The minimum absolute atomic E-state index is 0.165. The van der Waals surface area contributed by atoms with Gasteiger partial charge in [0.25, 0.3) is 5.91 Å². The summed E-state index contributed by atoms with van der Waals surface area (Å²) in [6.45, 7) is 2.46. The second-order valence-corrected chi connectivity index (χ2v) is 5.79. The highest BCUT2D eigenvalue weighted by atomic mass is 19.1. The Kier molecular flexibility index (Phi) is 6.36. The fraction of sp³-hybridized carbons (Fsp3) is 0.158. The molecule has 0 aliphatic rings. The van der Waals surface area contributed by atoms with Gasteiger partial charge in [0.2, 0.25) is 5.88 Å². The van der Waals surface area contributed by atoms with Crippen molar-refractivity contribution in [2.45, 2.75) is 13.5 Å². The Balaban J connectivity index is 1.56. The first-order chi connectivity index (χ1) is 14.1. The molecule has 3 amide bonds. The molecule has 0 spiro atoms. The van der Waals surface area contributed by atoms with Crippen LogP contribution in [0.1, 0.15) is 23.0 Å². The van der Waals surface area contributed by atoms with Crippen molar-refractivity contribution in [1.82, 2.24) is 30.7 Å². The third-order valence-corrected chi connectivity index (χ3v) is 3.84. The molecule has 2 heterocycles. The molecule has 0 radical (unpaired) electrons. The highest BCUT2D eigenvalue weighted by Crippen LogP contribution is 2.14. The summed E-state index contributed by atoms with van der Waals surface area (Å²) in [4.78, 5) is 32.4. The number of rotatable bonds is 6. The molecule has 10 heteroatoms. The molecule has 9 nitrogen and oxygen atoms in total. The Hall–Kier alpha value is -3.95. The number of aromatic nitrogens is 3. The normalized spacial score (nSPS) is 10.3. The van der Waals surface area contributed by atoms with Gasteiger partial charge in [0.15, 0.2) is 0 Å². The molecule has 1 aromatic carbocycles. The smallest absolute Gasteiger partial charge is 0.333 e. The zero-order chi connectivity index (χ0) is 20.6. The molecule has 3 rings (SSSR count). The van der Waals surface area contributed by atoms with Crippen LogP contribution in [-0.4, -0.2) is 33.1 Å². The first-order valence-electron chi connectivity index (χ1n) is 8.77. The van der Waals surface area contributed by atoms with E-state index < -0.39 is 11.9 Å². The van der Waals surface area contributed by atoms with Crippen LogP contribution in [-0.2, 0) is 6.54 Å². The minimum Gasteiger partial charge on any atom is -0.478 e. The van der Waals surface area contributed by atoms with Gasteiger partial charge in [0, 0.05) is 24.0 Å². The van der Waals surface area contributed by atoms with Crippen molar-refractivity contribution >= 4 is 11.9 Å². The van der Waals surface area contributed by atoms with E-state index >= 15 is 0 Å². The van der Waals surface area contributed by atoms with Gasteiger partial charge in [0.05, 0.1) is 19.1 Å². The van der Waals surface area contributed by atoms with Crippen molar-refractivity contribution in [2.75, 3.05) is 6.61 Å². The summed E-state index contributed by atoms with van der Waals surface area (Å²) < 4.78 is 20.0. The van der Waals surface area contributed by atoms with Gasteiger partial charge in [-0.3, -0.25) is 14.8 Å². The van der Waals surface area contributed by atoms with Crippen molar-refractivity contribution in [3.05, 3.63) is 72.2 Å². The number of hydrogen-bond donors (Lipinski definition) is 3. The summed E-state index contributed by atoms with van der Waals surface area (Å²) >= 11 is 0. The second kappa shape index (κ2) is 9.31. The molecule has 2 aromatic heterocycles. The number of pyridine rings is 1. The van der Waals surface area contributed by atoms with E-state index in [2.05, 4.69) is 26.1 Å². The van der Waals surface area contributed by atoms with Crippen molar-refractivity contribution in [3.63, 3.8) is 0 Å². The van der Waals surface area contributed by atoms with Gasteiger partial charge >= 0.3 is 6.03 Å². The van der Waals surface area contributed by atoms with Crippen molar-refractivity contribution in [3.8, 4) is 11.6 Å². The number of nitrogens with zero attached hydrogens (tertiary/aromatic N) is 3. The van der Waals surface area contributed by atoms with Crippen LogP contribution in [0.2, 0.25) is 0 Å². The highest BCUT2D eigenvalue weighted by Gasteiger charge is 2.14. The quantitative estimate of drug-likeness (QED) is 0.550. The zero-order valence-corrected chi connectivity index (χ0v) is 15.6. The summed E-state index contributed by atoms with van der Waals surface area (Å²) in [5.41, 5.74) is 5.99. The number of ether oxygens (including phenoxy) is 1. The third-order valence-electron chi connectivity index (χ3n) is 3.84. The molecular formula is C19H19FN6O3. The number of benzene rings is 1. The molecule has 0 fully saturated rings. The molecule has 0 unspecified atom stereocenters. The first kappa shape index (κ1) is 19.8. The lowest BCUT2D eigenvalue weighted by Gasteiger charge is -2.12. The number of imidazole rings is 1. The number of carbonyl (C=O) groups excluding carboxylic acids is 2. The topological polar surface area (TPSA) is 110 Å². The summed E-state index contributed by atoms with van der Waals surface area (Å²) in [5, 5.41) is 2.60. The molecule has 0 atom stereocenters. The first-order valence-corrected chi connectivity index (χ1v) is 8.77. The molecule has 150 valence electrons. The van der Waals surface area contributed by atoms with Crippen LogP contribution in [0.25, 0.3) is 5.69 Å². The maximum absolute atomic E-state index is 13.1. The Morgan fingerprint density at radius 1 is 1.17 bits per heavy atom. The van der Waals surface area contributed by atoms with Crippen LogP contribution < -0.4 is 20.9 Å². The number of halogens is 1. The van der Waals surface area contributed by atoms with E-state index in [1.807, 2.05) is 6.92 Å². The van der Waals surface area contributed by atoms with Crippen LogP contribution in [0, 0.1) is 5.82 Å². The Labute approximate surface area is 165 Å². The van der Waals surface area contributed by atoms with Crippen LogP contribution in [0.5, 0.6) is 5.88 Å². The average Bonchev–Trinajstić information content (AvgIpc) is 3.22. The monoisotopic (exact) mass is 398 g/mol. The van der Waals surface area contributed by atoms with Crippen LogP contribution in [0.15, 0.2) is 55.1 Å². The maximum Gasteiger partial charge on any atom is 0.333 e. The lowest BCUT2D eigenvalue weighted by molar-refractivity contribution is 0.0929. The largest absolute Gasteiger partial charge is 0.478 e. The van der Waals surface area contributed by atoms with Gasteiger partial charge in [-0.05, 0) is 37.3 Å². The van der Waals surface area contributed by atoms with Crippen LogP contribution in [0.4, 0.5) is 9.18 Å². The van der Waals surface area contributed by atoms with Gasteiger partial charge in [-0.25, -0.2) is 24.6 Å². The number of amides is 3. The molecule has 0 saturated carbocycles. The Morgan fingerprint density at radius 3 is 2.72 bits per heavy atom. The molecule has 0 aliphatic heterocycles. The predicted molar refractivity (Wildman–Crippen MR) is 102 cm³/mol. The number of hydrogen-bond acceptors (Lipinski definition) is 5. The highest BCUT2D eigenvalue weighted by molar-refractivity contribution is 5.94. The summed E-state index contributed by atoms with van der Waals surface area (Å²) in [7, 11) is 0. The molecular weight excluding hydrogens is 379 g/mol. The zero-order valence-electron chi connectivity index (χ0n) is 15.6. The van der Waals surface area contributed by atoms with Crippen molar-refractivity contribution in [1.29, 1.82) is 0 Å². The van der Waals surface area contributed by atoms with Gasteiger partial charge in [-0.2, -0.15) is 0 Å². The molecule has 0 bridgehead atoms. The number of hydrazine groups is 1. The fourth-order valence-corrected chi connectivity index (χ4v) is 2.49. The number of carbonyl (C=O) groups is 2. The van der Waals surface area contributed by atoms with E-state index in [-0.39, 0.29) is 18.1 Å². The number of urea groups is 1. The molecule has 3 aromatic rings. The van der Waals surface area contributed by atoms with Gasteiger partial charge in [0.1, 0.15) is 11.5 Å². The predicted octanol–water partition coefficient (Wildman–Crippen LogP) is 1.95. The average molecular weight is 398 g/mol. The second-order valence-electron chi connectivity index (χ2n) is 5.79. The van der Waals surface area contributed by atoms with Gasteiger partial charge in [-0.15, -0.1) is 0 Å². The van der Waals surface area contributed by atoms with E-state index in [0.717, 1.165) is 0 Å². The molecule has 0 saturated heterocycles. The third kappa shape index (κ3) is 5.06. The summed E-state index contributed by atoms with van der Waals surface area (Å²) in [6.07, 6.45) is 4.35. The minimum atomic E-state index is -0.613. The van der Waals surface area contributed by atoms with E-state index in [1.54, 1.807) is 18.3 Å². The van der Waals surface area contributed by atoms with Gasteiger partial charge in [-0.1, -0.05) is 6.07 Å². The summed E-state index contributed by atoms with van der Waals surface area (Å²) in [5.74, 6) is -0.541. The van der Waals surface area contributed by atoms with Crippen LogP contribution >= 0.6 is 0 Å². The number of nitrogens with one attached hydrogen (secondary N) is 3. The molecule has 29 heavy (non-hydrogen) atoms. The lowest BCUT2D eigenvalue weighted by atomic mass is 10.2. The van der Waals surface area contributed by atoms with Crippen molar-refractivity contribution in [2.24, 2.45) is 0 Å². The Bertz CT molecular complexity index is 990. The summed E-state index contributed by atoms with van der Waals surface area (Å²) in [6, 6.07) is 8.47. The molecule has 3 N–H and O–H groups in total. The van der Waals surface area contributed by atoms with E-state index in [1.165, 1.54) is 41.4 Å². The lowest BCUT2D eigenvalue weighted by Crippen LogP contribution is -2.47. The van der Waals surface area contributed by atoms with E-state index in [9.17, 15) is 14.0 Å². The standard InChI is InChI=1S/C19H19FN6O3/c1-2-29-18-13(4-3-9-22-18)10-23-19(28)25-24-17(27)16-11-21-12-26(16)15-7-5-14(20)6-8-15/h3-9,11-12H,2,10H2,1H3,(H,24,27)(H2,23,25,28). The van der Waals surface area contributed by atoms with Crippen LogP contribution in [0.3, 0.4) is 0 Å². The van der Waals surface area contributed by atoms with E-state index in [4.69, 9.17) is 4.74 Å². The Morgan fingerprint density at radius 2 is 1.97 bits per heavy atom. The van der Waals surface area contributed by atoms with Gasteiger partial charge < -0.3 is 10.1 Å².